The number of para-hydroxylation sites is 2. The molecule has 0 aliphatic carbocycles. The van der Waals surface area contributed by atoms with Crippen LogP contribution in [0.25, 0.3) is 65.7 Å². The van der Waals surface area contributed by atoms with E-state index in [1.165, 1.54) is 22.6 Å². The lowest BCUT2D eigenvalue weighted by atomic mass is 9.96. The molecule has 0 amide bonds. The molecule has 0 saturated carbocycles. The first-order valence-electron chi connectivity index (χ1n) is 11.2. The molecule has 0 radical (unpaired) electrons. The Morgan fingerprint density at radius 1 is 0.676 bits per heavy atom. The predicted octanol–water partition coefficient (Wildman–Crippen LogP) is 2.92. The van der Waals surface area contributed by atoms with Gasteiger partial charge in [-0.2, -0.15) is 18.6 Å². The monoisotopic (exact) mass is 507 g/mol. The van der Waals surface area contributed by atoms with E-state index in [0.29, 0.717) is 54.8 Å². The van der Waals surface area contributed by atoms with Gasteiger partial charge in [-0.05, 0) is 54.6 Å². The van der Waals surface area contributed by atoms with E-state index in [1.54, 1.807) is 22.6 Å². The molecular weight excluding hydrogens is 494 g/mol. The summed E-state index contributed by atoms with van der Waals surface area (Å²) < 4.78 is 31.4. The topological polar surface area (TPSA) is 138 Å². The van der Waals surface area contributed by atoms with E-state index in [4.69, 9.17) is 10.9 Å². The average Bonchev–Trinajstić information content (AvgIpc) is 3.49. The number of benzene rings is 4. The summed E-state index contributed by atoms with van der Waals surface area (Å²) in [6.07, 6.45) is 0. The molecule has 37 heavy (non-hydrogen) atoms. The van der Waals surface area contributed by atoms with E-state index in [1.807, 2.05) is 30.3 Å². The highest BCUT2D eigenvalue weighted by molar-refractivity contribution is 7.86. The minimum atomic E-state index is -4.15. The Bertz CT molecular complexity index is 2520. The summed E-state index contributed by atoms with van der Waals surface area (Å²) in [5.41, 5.74) is 2.47. The molecule has 0 aliphatic rings. The molecule has 0 bridgehead atoms. The smallest absolute Gasteiger partial charge is 0.268 e. The summed E-state index contributed by atoms with van der Waals surface area (Å²) >= 11 is 0. The molecule has 0 unspecified atom stereocenters. The van der Waals surface area contributed by atoms with E-state index in [0.717, 1.165) is 5.39 Å². The third-order valence-corrected chi connectivity index (χ3v) is 8.20. The molecule has 0 fully saturated rings. The van der Waals surface area contributed by atoms with Crippen LogP contribution in [0.15, 0.2) is 81.2 Å². The van der Waals surface area contributed by atoms with Crippen LogP contribution in [0.2, 0.25) is 0 Å². The second-order valence-electron chi connectivity index (χ2n) is 8.91. The van der Waals surface area contributed by atoms with Gasteiger partial charge in [0.1, 0.15) is 11.3 Å². The number of fused-ring (bicyclic) bond motifs is 8. The van der Waals surface area contributed by atoms with Crippen molar-refractivity contribution in [1.29, 1.82) is 0 Å². The van der Waals surface area contributed by atoms with Crippen LogP contribution in [0, 0.1) is 0 Å². The van der Waals surface area contributed by atoms with E-state index in [2.05, 4.69) is 9.27 Å². The fraction of sp³-hybridized carbons (Fsp3) is 0. The Morgan fingerprint density at radius 3 is 1.84 bits per heavy atom. The van der Waals surface area contributed by atoms with Gasteiger partial charge < -0.3 is 0 Å². The fourth-order valence-electron chi connectivity index (χ4n) is 5.54. The van der Waals surface area contributed by atoms with Gasteiger partial charge in [-0.3, -0.25) is 18.4 Å². The van der Waals surface area contributed by atoms with E-state index in [-0.39, 0.29) is 21.5 Å². The van der Waals surface area contributed by atoms with Crippen molar-refractivity contribution in [2.24, 2.45) is 5.90 Å². The average molecular weight is 507 g/mol. The van der Waals surface area contributed by atoms with Gasteiger partial charge in [0.15, 0.2) is 0 Å². The zero-order valence-corrected chi connectivity index (χ0v) is 19.5. The molecule has 0 saturated heterocycles. The second kappa shape index (κ2) is 6.53. The normalized spacial score (nSPS) is 13.0. The molecule has 4 heterocycles. The summed E-state index contributed by atoms with van der Waals surface area (Å²) in [6, 6.07) is 18.6. The first-order chi connectivity index (χ1) is 17.9. The SMILES string of the molecule is NOS(=O)(=O)c1ccc2c(c1)nc1c3ccc4c(=O)n5c6ccccc6nc5c5ccc(c(=O)n21)c3c45. The minimum Gasteiger partial charge on any atom is -0.268 e. The standard InChI is InChI=1S/C26H13N5O5S/c27-36-37(34,35)12-5-10-20-18(11-12)29-24-14-7-9-15-21-13(6-8-16(22(14)21)26(33)31(20)24)23-28-17-3-1-2-4-19(17)30(23)25(15)32/h1-11H,27H2. The molecular formula is C26H13N5O5S. The number of pyridine rings is 2. The number of nitrogens with zero attached hydrogens (tertiary/aromatic N) is 4. The highest BCUT2D eigenvalue weighted by Crippen LogP contribution is 2.36. The minimum absolute atomic E-state index is 0.176. The van der Waals surface area contributed by atoms with Crippen LogP contribution in [0.5, 0.6) is 0 Å². The lowest BCUT2D eigenvalue weighted by Crippen LogP contribution is -2.16. The Balaban J connectivity index is 1.60. The van der Waals surface area contributed by atoms with Crippen molar-refractivity contribution in [3.8, 4) is 0 Å². The zero-order chi connectivity index (χ0) is 25.2. The summed E-state index contributed by atoms with van der Waals surface area (Å²) in [4.78, 5) is 36.6. The summed E-state index contributed by atoms with van der Waals surface area (Å²) in [7, 11) is -4.15. The molecule has 4 aromatic heterocycles. The lowest BCUT2D eigenvalue weighted by Gasteiger charge is -2.12. The molecule has 8 rings (SSSR count). The van der Waals surface area contributed by atoms with Crippen LogP contribution in [0.1, 0.15) is 0 Å². The summed E-state index contributed by atoms with van der Waals surface area (Å²) in [5.74, 6) is 4.93. The van der Waals surface area contributed by atoms with E-state index >= 15 is 0 Å². The van der Waals surface area contributed by atoms with Gasteiger partial charge >= 0.3 is 10.1 Å². The number of hydrogen-bond acceptors (Lipinski definition) is 8. The molecule has 0 aliphatic heterocycles. The van der Waals surface area contributed by atoms with Crippen molar-refractivity contribution in [3.63, 3.8) is 0 Å². The van der Waals surface area contributed by atoms with Crippen molar-refractivity contribution >= 4 is 75.8 Å². The van der Waals surface area contributed by atoms with Crippen LogP contribution in [0.4, 0.5) is 0 Å². The Kier molecular flexibility index (Phi) is 3.62. The first-order valence-corrected chi connectivity index (χ1v) is 12.6. The maximum atomic E-state index is 13.8. The Labute approximate surface area is 205 Å². The van der Waals surface area contributed by atoms with Gasteiger partial charge in [0.25, 0.3) is 11.1 Å². The van der Waals surface area contributed by atoms with Gasteiger partial charge in [0, 0.05) is 32.3 Å². The van der Waals surface area contributed by atoms with Crippen molar-refractivity contribution < 1.29 is 12.7 Å². The molecule has 2 N–H and O–H groups in total. The Morgan fingerprint density at radius 2 is 1.22 bits per heavy atom. The van der Waals surface area contributed by atoms with Crippen LogP contribution in [-0.4, -0.2) is 27.2 Å². The number of rotatable bonds is 2. The van der Waals surface area contributed by atoms with Gasteiger partial charge in [-0.25, -0.2) is 9.97 Å². The van der Waals surface area contributed by atoms with Crippen LogP contribution >= 0.6 is 0 Å². The lowest BCUT2D eigenvalue weighted by molar-refractivity contribution is 0.333. The molecule has 10 nitrogen and oxygen atoms in total. The number of nitrogens with two attached hydrogens (primary N) is 1. The number of hydrogen-bond donors (Lipinski definition) is 1. The van der Waals surface area contributed by atoms with Crippen molar-refractivity contribution in [1.82, 2.24) is 18.8 Å². The molecule has 0 spiro atoms. The Hall–Kier alpha value is -4.71. The van der Waals surface area contributed by atoms with Gasteiger partial charge in [-0.15, -0.1) is 0 Å². The molecule has 8 aromatic rings. The maximum Gasteiger partial charge on any atom is 0.312 e. The number of imidazole rings is 2. The highest BCUT2D eigenvalue weighted by Gasteiger charge is 2.23. The van der Waals surface area contributed by atoms with E-state index < -0.39 is 10.1 Å². The first kappa shape index (κ1) is 20.5. The summed E-state index contributed by atoms with van der Waals surface area (Å²) in [5, 5.41) is 3.56. The van der Waals surface area contributed by atoms with Crippen LogP contribution in [-0.2, 0) is 14.4 Å². The van der Waals surface area contributed by atoms with Crippen molar-refractivity contribution in [3.05, 3.63) is 87.4 Å². The molecule has 11 heteroatoms. The second-order valence-corrected chi connectivity index (χ2v) is 10.5. The van der Waals surface area contributed by atoms with Crippen molar-refractivity contribution in [2.75, 3.05) is 0 Å². The zero-order valence-electron chi connectivity index (χ0n) is 18.7. The molecule has 4 aromatic carbocycles. The molecule has 0 atom stereocenters. The van der Waals surface area contributed by atoms with Gasteiger partial charge in [-0.1, -0.05) is 12.1 Å². The summed E-state index contributed by atoms with van der Waals surface area (Å²) in [6.45, 7) is 0. The van der Waals surface area contributed by atoms with Gasteiger partial charge in [0.05, 0.1) is 27.0 Å². The van der Waals surface area contributed by atoms with Crippen molar-refractivity contribution in [2.45, 2.75) is 4.90 Å². The quantitative estimate of drug-likeness (QED) is 0.278. The number of aromatic nitrogens is 4. The largest absolute Gasteiger partial charge is 0.312 e. The maximum absolute atomic E-state index is 13.8. The van der Waals surface area contributed by atoms with E-state index in [9.17, 15) is 18.0 Å². The van der Waals surface area contributed by atoms with Gasteiger partial charge in [0.2, 0.25) is 0 Å². The third-order valence-electron chi connectivity index (χ3n) is 7.11. The predicted molar refractivity (Wildman–Crippen MR) is 139 cm³/mol. The highest BCUT2D eigenvalue weighted by atomic mass is 32.2. The van der Waals surface area contributed by atoms with Crippen LogP contribution in [0.3, 0.4) is 0 Å². The fourth-order valence-corrected chi connectivity index (χ4v) is 6.14. The third kappa shape index (κ3) is 2.38. The van der Waals surface area contributed by atoms with Crippen LogP contribution < -0.4 is 17.0 Å². The molecule has 178 valence electrons.